The molecule has 0 bridgehead atoms. The van der Waals surface area contributed by atoms with E-state index in [0.29, 0.717) is 0 Å². The summed E-state index contributed by atoms with van der Waals surface area (Å²) in [7, 11) is 7.38. The van der Waals surface area contributed by atoms with E-state index < -0.39 is 0 Å². The Bertz CT molecular complexity index is 327. The third kappa shape index (κ3) is 8.02. The van der Waals surface area contributed by atoms with Crippen LogP contribution in [0.25, 0.3) is 0 Å². The Morgan fingerprint density at radius 3 is 2.10 bits per heavy atom. The Balaban J connectivity index is 0.00000110. The van der Waals surface area contributed by atoms with Gasteiger partial charge in [-0.25, -0.2) is 0 Å². The number of nitrogens with one attached hydrogen (secondary N) is 1. The Morgan fingerprint density at radius 1 is 1.10 bits per heavy atom. The van der Waals surface area contributed by atoms with E-state index in [0.717, 1.165) is 31.9 Å². The molecule has 1 fully saturated rings. The summed E-state index contributed by atoms with van der Waals surface area (Å²) in [4.78, 5) is 4.82. The summed E-state index contributed by atoms with van der Waals surface area (Å²) >= 11 is 0. The fraction of sp³-hybridized carbons (Fsp3) is 0.625. The van der Waals surface area contributed by atoms with E-state index in [1.54, 1.807) is 14.2 Å². The summed E-state index contributed by atoms with van der Waals surface area (Å²) in [5.74, 6) is 0. The lowest BCUT2D eigenvalue weighted by molar-refractivity contribution is 0.186. The average Bonchev–Trinajstić information content (AvgIpc) is 2.44. The molecule has 1 N–H and O–H groups in total. The fourth-order valence-corrected chi connectivity index (χ4v) is 1.88. The Morgan fingerprint density at radius 2 is 1.65 bits per heavy atom. The van der Waals surface area contributed by atoms with Gasteiger partial charge in [-0.15, -0.1) is 0 Å². The van der Waals surface area contributed by atoms with E-state index in [2.05, 4.69) is 52.1 Å². The lowest BCUT2D eigenvalue weighted by Crippen LogP contribution is -2.43. The maximum atomic E-state index is 4.25. The molecule has 1 aliphatic rings. The van der Waals surface area contributed by atoms with Crippen molar-refractivity contribution < 1.29 is 4.74 Å². The number of rotatable bonds is 4. The van der Waals surface area contributed by atoms with Crippen LogP contribution in [-0.4, -0.2) is 64.3 Å². The van der Waals surface area contributed by atoms with Gasteiger partial charge in [0.05, 0.1) is 0 Å². The predicted octanol–water partition coefficient (Wildman–Crippen LogP) is 2.08. The molecule has 1 heterocycles. The van der Waals surface area contributed by atoms with Gasteiger partial charge in [0.1, 0.15) is 0 Å². The first kappa shape index (κ1) is 18.7. The first-order valence-corrected chi connectivity index (χ1v) is 7.11. The van der Waals surface area contributed by atoms with Gasteiger partial charge in [0.25, 0.3) is 0 Å². The number of ether oxygens (including phenoxy) is 1. The summed E-state index contributed by atoms with van der Waals surface area (Å²) in [6, 6.07) is 0. The summed E-state index contributed by atoms with van der Waals surface area (Å²) in [6.07, 6.45) is 8.44. The molecule has 1 saturated heterocycles. The van der Waals surface area contributed by atoms with E-state index in [4.69, 9.17) is 0 Å². The number of methoxy groups -OCH3 is 1. The zero-order chi connectivity index (χ0) is 15.4. The van der Waals surface area contributed by atoms with E-state index in [9.17, 15) is 0 Å². The van der Waals surface area contributed by atoms with Gasteiger partial charge in [-0.2, -0.15) is 0 Å². The maximum absolute atomic E-state index is 4.25. The van der Waals surface area contributed by atoms with Crippen LogP contribution in [0.3, 0.4) is 0 Å². The minimum absolute atomic E-state index is 1.13. The molecule has 20 heavy (non-hydrogen) atoms. The van der Waals surface area contributed by atoms with E-state index in [1.165, 1.54) is 5.70 Å². The second kappa shape index (κ2) is 11.6. The van der Waals surface area contributed by atoms with Crippen LogP contribution in [0.2, 0.25) is 0 Å². The SMILES string of the molecule is COC.C\C=C/C(=C\C=C(/C)N1CCN(C)CC1)NC. The number of hydrogen-bond donors (Lipinski definition) is 1. The van der Waals surface area contributed by atoms with Gasteiger partial charge in [0.2, 0.25) is 0 Å². The molecule has 0 unspecified atom stereocenters. The third-order valence-corrected chi connectivity index (χ3v) is 3.14. The monoisotopic (exact) mass is 281 g/mol. The number of piperazine rings is 1. The Hall–Kier alpha value is -1.26. The third-order valence-electron chi connectivity index (χ3n) is 3.14. The van der Waals surface area contributed by atoms with Gasteiger partial charge in [-0.1, -0.05) is 6.08 Å². The molecule has 0 spiro atoms. The molecule has 0 aromatic carbocycles. The number of likely N-dealkylation sites (N-methyl/N-ethyl adjacent to an activating group) is 2. The van der Waals surface area contributed by atoms with Gasteiger partial charge in [-0.05, 0) is 39.1 Å². The molecular weight excluding hydrogens is 250 g/mol. The summed E-state index contributed by atoms with van der Waals surface area (Å²) in [5.41, 5.74) is 2.48. The van der Waals surface area contributed by atoms with Crippen LogP contribution >= 0.6 is 0 Å². The molecule has 0 atom stereocenters. The van der Waals surface area contributed by atoms with Gasteiger partial charge >= 0.3 is 0 Å². The molecule has 1 aliphatic heterocycles. The standard InChI is InChI=1S/C14H25N3.C2H6O/c1-5-6-14(15-3)8-7-13(2)17-11-9-16(4)10-12-17;1-3-2/h5-8,15H,9-12H2,1-4H3;1-2H3/b6-5-,13-7+,14-8+;. The molecule has 1 rings (SSSR count). The molecule has 0 amide bonds. The second-order valence-corrected chi connectivity index (χ2v) is 4.88. The van der Waals surface area contributed by atoms with Crippen LogP contribution in [0.4, 0.5) is 0 Å². The van der Waals surface area contributed by atoms with Crippen molar-refractivity contribution in [3.63, 3.8) is 0 Å². The normalized spacial score (nSPS) is 18.0. The van der Waals surface area contributed by atoms with Crippen LogP contribution < -0.4 is 5.32 Å². The molecular formula is C16H31N3O. The maximum Gasteiger partial charge on any atom is 0.0351 e. The van der Waals surface area contributed by atoms with Crippen LogP contribution in [0.5, 0.6) is 0 Å². The van der Waals surface area contributed by atoms with Crippen molar-refractivity contribution in [2.24, 2.45) is 0 Å². The summed E-state index contributed by atoms with van der Waals surface area (Å²) < 4.78 is 4.25. The Labute approximate surface area is 124 Å². The number of allylic oxidation sites excluding steroid dienone is 5. The van der Waals surface area contributed by atoms with Gasteiger partial charge in [0, 0.05) is 58.8 Å². The Kier molecular flexibility index (Phi) is 10.8. The highest BCUT2D eigenvalue weighted by Gasteiger charge is 2.12. The lowest BCUT2D eigenvalue weighted by Gasteiger charge is -2.34. The summed E-state index contributed by atoms with van der Waals surface area (Å²) in [5, 5.41) is 3.17. The molecule has 0 radical (unpaired) electrons. The van der Waals surface area contributed by atoms with Crippen molar-refractivity contribution in [2.45, 2.75) is 13.8 Å². The minimum Gasteiger partial charge on any atom is -0.388 e. The van der Waals surface area contributed by atoms with E-state index in [-0.39, 0.29) is 0 Å². The molecule has 4 nitrogen and oxygen atoms in total. The van der Waals surface area contributed by atoms with Crippen molar-refractivity contribution in [3.05, 3.63) is 35.7 Å². The highest BCUT2D eigenvalue weighted by molar-refractivity contribution is 5.23. The van der Waals surface area contributed by atoms with Crippen molar-refractivity contribution in [3.8, 4) is 0 Å². The topological polar surface area (TPSA) is 27.7 Å². The highest BCUT2D eigenvalue weighted by atomic mass is 16.4. The van der Waals surface area contributed by atoms with Crippen molar-refractivity contribution in [1.29, 1.82) is 0 Å². The molecule has 0 aromatic heterocycles. The van der Waals surface area contributed by atoms with Gasteiger partial charge in [0.15, 0.2) is 0 Å². The zero-order valence-corrected chi connectivity index (χ0v) is 13.9. The van der Waals surface area contributed by atoms with Crippen LogP contribution in [0.15, 0.2) is 35.7 Å². The average molecular weight is 281 g/mol. The molecule has 0 saturated carbocycles. The van der Waals surface area contributed by atoms with Crippen LogP contribution in [0.1, 0.15) is 13.8 Å². The molecule has 116 valence electrons. The number of hydrogen-bond acceptors (Lipinski definition) is 4. The van der Waals surface area contributed by atoms with Crippen molar-refractivity contribution >= 4 is 0 Å². The van der Waals surface area contributed by atoms with Crippen LogP contribution in [0, 0.1) is 0 Å². The molecule has 0 aromatic rings. The minimum atomic E-state index is 1.13. The van der Waals surface area contributed by atoms with Crippen molar-refractivity contribution in [2.75, 3.05) is 54.5 Å². The quantitative estimate of drug-likeness (QED) is 0.799. The summed E-state index contributed by atoms with van der Waals surface area (Å²) in [6.45, 7) is 8.79. The van der Waals surface area contributed by atoms with Crippen molar-refractivity contribution in [1.82, 2.24) is 15.1 Å². The predicted molar refractivity (Wildman–Crippen MR) is 87.7 cm³/mol. The van der Waals surface area contributed by atoms with Gasteiger partial charge < -0.3 is 19.9 Å². The van der Waals surface area contributed by atoms with E-state index in [1.807, 2.05) is 20.0 Å². The smallest absolute Gasteiger partial charge is 0.0351 e. The molecule has 0 aliphatic carbocycles. The fourth-order valence-electron chi connectivity index (χ4n) is 1.88. The first-order chi connectivity index (χ1) is 9.58. The van der Waals surface area contributed by atoms with E-state index >= 15 is 0 Å². The lowest BCUT2D eigenvalue weighted by atomic mass is 10.2. The van der Waals surface area contributed by atoms with Gasteiger partial charge in [-0.3, -0.25) is 0 Å². The largest absolute Gasteiger partial charge is 0.388 e. The number of nitrogens with zero attached hydrogens (tertiary/aromatic N) is 2. The first-order valence-electron chi connectivity index (χ1n) is 7.11. The second-order valence-electron chi connectivity index (χ2n) is 4.88. The zero-order valence-electron chi connectivity index (χ0n) is 13.9. The highest BCUT2D eigenvalue weighted by Crippen LogP contribution is 2.08. The van der Waals surface area contributed by atoms with Crippen LogP contribution in [-0.2, 0) is 4.74 Å². The molecule has 4 heteroatoms.